The maximum Gasteiger partial charge on any atom is 0.123 e. The lowest BCUT2D eigenvalue weighted by Crippen LogP contribution is -1.92. The van der Waals surface area contributed by atoms with Crippen molar-refractivity contribution in [2.75, 3.05) is 0 Å². The van der Waals surface area contributed by atoms with Gasteiger partial charge in [-0.25, -0.2) is 8.78 Å². The lowest BCUT2D eigenvalue weighted by molar-refractivity contribution is 0.628. The number of benzene rings is 3. The van der Waals surface area contributed by atoms with Crippen molar-refractivity contribution >= 4 is 10.8 Å². The summed E-state index contributed by atoms with van der Waals surface area (Å²) in [4.78, 5) is 0. The largest absolute Gasteiger partial charge is 0.207 e. The fourth-order valence-electron chi connectivity index (χ4n) is 2.82. The predicted octanol–water partition coefficient (Wildman–Crippen LogP) is 5.40. The van der Waals surface area contributed by atoms with Crippen molar-refractivity contribution in [3.8, 4) is 11.1 Å². The second-order valence-electron chi connectivity index (χ2n) is 5.07. The van der Waals surface area contributed by atoms with E-state index in [1.54, 1.807) is 12.1 Å². The minimum atomic E-state index is -0.250. The topological polar surface area (TPSA) is 0 Å². The van der Waals surface area contributed by atoms with Gasteiger partial charge in [-0.1, -0.05) is 24.3 Å². The van der Waals surface area contributed by atoms with Crippen LogP contribution in [0.3, 0.4) is 0 Å². The maximum absolute atomic E-state index is 13.4. The minimum absolute atomic E-state index is 0.241. The highest BCUT2D eigenvalue weighted by atomic mass is 19.1. The fourth-order valence-corrected chi connectivity index (χ4v) is 2.82. The molecule has 0 aliphatic carbocycles. The third-order valence-electron chi connectivity index (χ3n) is 3.67. The van der Waals surface area contributed by atoms with E-state index in [1.165, 1.54) is 24.3 Å². The van der Waals surface area contributed by atoms with Crippen LogP contribution in [0.4, 0.5) is 8.78 Å². The average molecular weight is 268 g/mol. The molecule has 0 saturated heterocycles. The SMILES string of the molecule is Cc1cc2cc(F)ccc2c(C)c1-c1cccc(F)c1. The Balaban J connectivity index is 2.34. The van der Waals surface area contributed by atoms with Crippen LogP contribution in [0.15, 0.2) is 48.5 Å². The molecule has 0 N–H and O–H groups in total. The Hall–Kier alpha value is -2.22. The van der Waals surface area contributed by atoms with Crippen molar-refractivity contribution in [3.05, 3.63) is 71.3 Å². The molecule has 3 aromatic rings. The lowest BCUT2D eigenvalue weighted by Gasteiger charge is -2.14. The minimum Gasteiger partial charge on any atom is -0.207 e. The summed E-state index contributed by atoms with van der Waals surface area (Å²) in [5, 5.41) is 1.87. The van der Waals surface area contributed by atoms with Crippen LogP contribution in [0.1, 0.15) is 11.1 Å². The maximum atomic E-state index is 13.4. The second-order valence-corrected chi connectivity index (χ2v) is 5.07. The van der Waals surface area contributed by atoms with Crippen molar-refractivity contribution in [3.63, 3.8) is 0 Å². The van der Waals surface area contributed by atoms with Crippen molar-refractivity contribution in [2.24, 2.45) is 0 Å². The molecule has 0 aromatic heterocycles. The predicted molar refractivity (Wildman–Crippen MR) is 78.8 cm³/mol. The molecule has 100 valence electrons. The van der Waals surface area contributed by atoms with Gasteiger partial charge in [0.05, 0.1) is 0 Å². The number of aryl methyl sites for hydroxylation is 2. The van der Waals surface area contributed by atoms with Gasteiger partial charge in [-0.2, -0.15) is 0 Å². The van der Waals surface area contributed by atoms with Gasteiger partial charge in [0.1, 0.15) is 11.6 Å². The first kappa shape index (κ1) is 12.8. The van der Waals surface area contributed by atoms with Crippen LogP contribution in [-0.4, -0.2) is 0 Å². The van der Waals surface area contributed by atoms with Crippen LogP contribution in [0, 0.1) is 25.5 Å². The monoisotopic (exact) mass is 268 g/mol. The Morgan fingerprint density at radius 2 is 1.55 bits per heavy atom. The molecule has 0 atom stereocenters. The third-order valence-corrected chi connectivity index (χ3v) is 3.67. The third kappa shape index (κ3) is 2.07. The van der Waals surface area contributed by atoms with Gasteiger partial charge in [-0.15, -0.1) is 0 Å². The first-order chi connectivity index (χ1) is 9.56. The molecular formula is C18H14F2. The van der Waals surface area contributed by atoms with E-state index in [2.05, 4.69) is 0 Å². The summed E-state index contributed by atoms with van der Waals surface area (Å²) in [6, 6.07) is 13.3. The summed E-state index contributed by atoms with van der Waals surface area (Å²) in [6.07, 6.45) is 0. The number of hydrogen-bond donors (Lipinski definition) is 0. The molecule has 0 fully saturated rings. The van der Waals surface area contributed by atoms with E-state index in [0.717, 1.165) is 33.0 Å². The van der Waals surface area contributed by atoms with Gasteiger partial charge in [0.15, 0.2) is 0 Å². The fraction of sp³-hybridized carbons (Fsp3) is 0.111. The van der Waals surface area contributed by atoms with Gasteiger partial charge >= 0.3 is 0 Å². The number of halogens is 2. The standard InChI is InChI=1S/C18H14F2/c1-11-8-14-10-16(20)6-7-17(14)12(2)18(11)13-4-3-5-15(19)9-13/h3-10H,1-2H3. The second kappa shape index (κ2) is 4.71. The van der Waals surface area contributed by atoms with Crippen molar-refractivity contribution in [1.29, 1.82) is 0 Å². The van der Waals surface area contributed by atoms with E-state index in [0.29, 0.717) is 0 Å². The Labute approximate surface area is 116 Å². The summed E-state index contributed by atoms with van der Waals surface area (Å²) in [6.45, 7) is 3.96. The summed E-state index contributed by atoms with van der Waals surface area (Å²) in [5.41, 5.74) is 3.94. The highest BCUT2D eigenvalue weighted by Crippen LogP contribution is 2.33. The summed E-state index contributed by atoms with van der Waals surface area (Å²) in [7, 11) is 0. The van der Waals surface area contributed by atoms with Gasteiger partial charge < -0.3 is 0 Å². The molecule has 0 nitrogen and oxygen atoms in total. The van der Waals surface area contributed by atoms with E-state index in [-0.39, 0.29) is 11.6 Å². The van der Waals surface area contributed by atoms with Crippen molar-refractivity contribution < 1.29 is 8.78 Å². The van der Waals surface area contributed by atoms with Gasteiger partial charge in [0.25, 0.3) is 0 Å². The molecule has 0 saturated carbocycles. The first-order valence-corrected chi connectivity index (χ1v) is 6.51. The first-order valence-electron chi connectivity index (χ1n) is 6.51. The van der Waals surface area contributed by atoms with Gasteiger partial charge in [-0.05, 0) is 71.1 Å². The Morgan fingerprint density at radius 1 is 0.800 bits per heavy atom. The van der Waals surface area contributed by atoms with Crippen LogP contribution in [0.5, 0.6) is 0 Å². The zero-order valence-corrected chi connectivity index (χ0v) is 11.4. The van der Waals surface area contributed by atoms with Crippen molar-refractivity contribution in [1.82, 2.24) is 0 Å². The molecule has 2 heteroatoms. The molecule has 0 heterocycles. The van der Waals surface area contributed by atoms with Gasteiger partial charge in [-0.3, -0.25) is 0 Å². The van der Waals surface area contributed by atoms with E-state index in [9.17, 15) is 8.78 Å². The van der Waals surface area contributed by atoms with Crippen LogP contribution in [-0.2, 0) is 0 Å². The molecule has 3 rings (SSSR count). The van der Waals surface area contributed by atoms with Crippen LogP contribution < -0.4 is 0 Å². The number of hydrogen-bond acceptors (Lipinski definition) is 0. The Kier molecular flexibility index (Phi) is 3.01. The molecule has 0 spiro atoms. The van der Waals surface area contributed by atoms with Crippen LogP contribution in [0.25, 0.3) is 21.9 Å². The van der Waals surface area contributed by atoms with Gasteiger partial charge in [0, 0.05) is 0 Å². The molecule has 0 aliphatic heterocycles. The molecule has 0 aliphatic rings. The molecule has 3 aromatic carbocycles. The van der Waals surface area contributed by atoms with Crippen LogP contribution in [0.2, 0.25) is 0 Å². The summed E-state index contributed by atoms with van der Waals surface area (Å²) >= 11 is 0. The molecule has 0 amide bonds. The molecule has 20 heavy (non-hydrogen) atoms. The summed E-state index contributed by atoms with van der Waals surface area (Å²) in [5.74, 6) is -0.490. The molecule has 0 unspecified atom stereocenters. The molecule has 0 radical (unpaired) electrons. The quantitative estimate of drug-likeness (QED) is 0.554. The highest BCUT2D eigenvalue weighted by molar-refractivity contribution is 5.93. The Bertz CT molecular complexity index is 804. The molecular weight excluding hydrogens is 254 g/mol. The average Bonchev–Trinajstić information content (AvgIpc) is 2.38. The smallest absolute Gasteiger partial charge is 0.123 e. The normalized spacial score (nSPS) is 11.0. The molecule has 0 bridgehead atoms. The number of rotatable bonds is 1. The summed E-state index contributed by atoms with van der Waals surface area (Å²) < 4.78 is 26.8. The Morgan fingerprint density at radius 3 is 2.30 bits per heavy atom. The zero-order chi connectivity index (χ0) is 14.3. The zero-order valence-electron chi connectivity index (χ0n) is 11.4. The van der Waals surface area contributed by atoms with E-state index < -0.39 is 0 Å². The van der Waals surface area contributed by atoms with E-state index in [1.807, 2.05) is 26.0 Å². The van der Waals surface area contributed by atoms with E-state index in [4.69, 9.17) is 0 Å². The number of fused-ring (bicyclic) bond motifs is 1. The van der Waals surface area contributed by atoms with Crippen molar-refractivity contribution in [2.45, 2.75) is 13.8 Å². The van der Waals surface area contributed by atoms with E-state index >= 15 is 0 Å². The van der Waals surface area contributed by atoms with Gasteiger partial charge in [0.2, 0.25) is 0 Å². The highest BCUT2D eigenvalue weighted by Gasteiger charge is 2.11. The van der Waals surface area contributed by atoms with Crippen LogP contribution >= 0.6 is 0 Å². The lowest BCUT2D eigenvalue weighted by atomic mass is 9.91.